The minimum absolute atomic E-state index is 0.615. The molecule has 0 aliphatic carbocycles. The molecule has 1 unspecified atom stereocenters. The van der Waals surface area contributed by atoms with E-state index in [-0.39, 0.29) is 0 Å². The van der Waals surface area contributed by atoms with Crippen molar-refractivity contribution in [2.45, 2.75) is 26.2 Å². The molecule has 1 N–H and O–H groups in total. The van der Waals surface area contributed by atoms with Crippen LogP contribution in [0.2, 0.25) is 0 Å². The molecule has 0 spiro atoms. The van der Waals surface area contributed by atoms with Crippen LogP contribution < -0.4 is 5.32 Å². The Morgan fingerprint density at radius 2 is 2.31 bits per heavy atom. The molecule has 1 nitrogen and oxygen atoms in total. The summed E-state index contributed by atoms with van der Waals surface area (Å²) in [5.74, 6) is 4.16. The van der Waals surface area contributed by atoms with Gasteiger partial charge in [0.2, 0.25) is 0 Å². The van der Waals surface area contributed by atoms with Gasteiger partial charge >= 0.3 is 0 Å². The number of rotatable bonds is 4. The second-order valence-corrected chi connectivity index (χ2v) is 6.04. The van der Waals surface area contributed by atoms with E-state index in [1.165, 1.54) is 29.2 Å². The van der Waals surface area contributed by atoms with Gasteiger partial charge in [-0.05, 0) is 47.5 Å². The molecule has 16 heavy (non-hydrogen) atoms. The zero-order chi connectivity index (χ0) is 11.4. The van der Waals surface area contributed by atoms with E-state index < -0.39 is 0 Å². The summed E-state index contributed by atoms with van der Waals surface area (Å²) in [6.45, 7) is 5.62. The van der Waals surface area contributed by atoms with Gasteiger partial charge in [-0.1, -0.05) is 26.0 Å². The molecule has 0 aromatic heterocycles. The number of hydrogen-bond acceptors (Lipinski definition) is 2. The zero-order valence-electron chi connectivity index (χ0n) is 10.2. The summed E-state index contributed by atoms with van der Waals surface area (Å²) in [4.78, 5) is 0. The highest BCUT2D eigenvalue weighted by Gasteiger charge is 2.14. The fraction of sp³-hybridized carbons (Fsp3) is 0.571. The van der Waals surface area contributed by atoms with Gasteiger partial charge in [0.15, 0.2) is 0 Å². The molecule has 0 bridgehead atoms. The fourth-order valence-corrected chi connectivity index (χ4v) is 3.30. The maximum Gasteiger partial charge on any atom is 0.0343 e. The van der Waals surface area contributed by atoms with Crippen molar-refractivity contribution in [1.82, 2.24) is 0 Å². The molecule has 0 amide bonds. The van der Waals surface area contributed by atoms with Crippen LogP contribution in [0.25, 0.3) is 0 Å². The Balaban J connectivity index is 1.90. The van der Waals surface area contributed by atoms with Crippen LogP contribution in [0.5, 0.6) is 0 Å². The summed E-state index contributed by atoms with van der Waals surface area (Å²) in [6.07, 6.45) is 1.38. The van der Waals surface area contributed by atoms with Crippen molar-refractivity contribution in [1.29, 1.82) is 0 Å². The zero-order valence-corrected chi connectivity index (χ0v) is 11.0. The molecule has 1 atom stereocenters. The molecule has 1 aromatic carbocycles. The summed E-state index contributed by atoms with van der Waals surface area (Å²) in [7, 11) is 0. The van der Waals surface area contributed by atoms with Crippen LogP contribution in [0, 0.1) is 5.92 Å². The minimum Gasteiger partial charge on any atom is -0.385 e. The van der Waals surface area contributed by atoms with Gasteiger partial charge in [-0.2, -0.15) is 11.8 Å². The Hall–Kier alpha value is -0.630. The van der Waals surface area contributed by atoms with Crippen molar-refractivity contribution in [3.05, 3.63) is 29.8 Å². The van der Waals surface area contributed by atoms with Crippen LogP contribution in [0.3, 0.4) is 0 Å². The van der Waals surface area contributed by atoms with Gasteiger partial charge in [0.25, 0.3) is 0 Å². The standard InChI is InChI=1S/C14H21NS/c1-11(2)13-4-3-5-14(8-13)15-9-12-6-7-16-10-12/h3-5,8,11-12,15H,6-7,9-10H2,1-2H3. The van der Waals surface area contributed by atoms with E-state index >= 15 is 0 Å². The molecular formula is C14H21NS. The Bertz CT molecular complexity index is 329. The van der Waals surface area contributed by atoms with Crippen LogP contribution in [-0.4, -0.2) is 18.1 Å². The molecule has 2 rings (SSSR count). The predicted octanol–water partition coefficient (Wildman–Crippen LogP) is 3.98. The van der Waals surface area contributed by atoms with Gasteiger partial charge in [-0.15, -0.1) is 0 Å². The summed E-state index contributed by atoms with van der Waals surface area (Å²) in [5, 5.41) is 3.57. The van der Waals surface area contributed by atoms with E-state index in [1.54, 1.807) is 0 Å². The highest BCUT2D eigenvalue weighted by molar-refractivity contribution is 7.99. The summed E-state index contributed by atoms with van der Waals surface area (Å²) in [6, 6.07) is 8.82. The third kappa shape index (κ3) is 3.18. The van der Waals surface area contributed by atoms with Crippen molar-refractivity contribution in [3.8, 4) is 0 Å². The maximum absolute atomic E-state index is 3.57. The smallest absolute Gasteiger partial charge is 0.0343 e. The van der Waals surface area contributed by atoms with E-state index in [0.29, 0.717) is 5.92 Å². The number of nitrogens with one attached hydrogen (secondary N) is 1. The van der Waals surface area contributed by atoms with Crippen LogP contribution in [0.1, 0.15) is 31.7 Å². The first kappa shape index (κ1) is 11.8. The largest absolute Gasteiger partial charge is 0.385 e. The van der Waals surface area contributed by atoms with E-state index in [9.17, 15) is 0 Å². The molecular weight excluding hydrogens is 214 g/mol. The molecule has 1 aliphatic rings. The topological polar surface area (TPSA) is 12.0 Å². The van der Waals surface area contributed by atoms with Crippen LogP contribution in [0.4, 0.5) is 5.69 Å². The lowest BCUT2D eigenvalue weighted by molar-refractivity contribution is 0.632. The summed E-state index contributed by atoms with van der Waals surface area (Å²) < 4.78 is 0. The second kappa shape index (κ2) is 5.62. The SMILES string of the molecule is CC(C)c1cccc(NCC2CCSC2)c1. The third-order valence-corrected chi connectivity index (χ3v) is 4.40. The molecule has 1 fully saturated rings. The van der Waals surface area contributed by atoms with Crippen molar-refractivity contribution in [3.63, 3.8) is 0 Å². The van der Waals surface area contributed by atoms with Gasteiger partial charge in [-0.3, -0.25) is 0 Å². The van der Waals surface area contributed by atoms with Gasteiger partial charge in [0.05, 0.1) is 0 Å². The van der Waals surface area contributed by atoms with Crippen molar-refractivity contribution in [2.75, 3.05) is 23.4 Å². The predicted molar refractivity (Wildman–Crippen MR) is 74.5 cm³/mol. The lowest BCUT2D eigenvalue weighted by Crippen LogP contribution is -2.13. The van der Waals surface area contributed by atoms with Crippen molar-refractivity contribution < 1.29 is 0 Å². The first-order chi connectivity index (χ1) is 7.75. The van der Waals surface area contributed by atoms with Gasteiger partial charge in [0.1, 0.15) is 0 Å². The molecule has 2 heteroatoms. The second-order valence-electron chi connectivity index (χ2n) is 4.89. The maximum atomic E-state index is 3.57. The average molecular weight is 235 g/mol. The molecule has 1 aliphatic heterocycles. The molecule has 0 saturated carbocycles. The Kier molecular flexibility index (Phi) is 4.16. The first-order valence-corrected chi connectivity index (χ1v) is 7.33. The molecule has 1 saturated heterocycles. The molecule has 1 aromatic rings. The minimum atomic E-state index is 0.615. The lowest BCUT2D eigenvalue weighted by Gasteiger charge is -2.13. The molecule has 1 heterocycles. The van der Waals surface area contributed by atoms with Crippen molar-refractivity contribution >= 4 is 17.4 Å². The fourth-order valence-electron chi connectivity index (χ4n) is 2.01. The number of thioether (sulfide) groups is 1. The Morgan fingerprint density at radius 3 is 3.00 bits per heavy atom. The van der Waals surface area contributed by atoms with E-state index in [0.717, 1.165) is 12.5 Å². The van der Waals surface area contributed by atoms with E-state index in [2.05, 4.69) is 55.2 Å². The summed E-state index contributed by atoms with van der Waals surface area (Å²) >= 11 is 2.09. The highest BCUT2D eigenvalue weighted by atomic mass is 32.2. The summed E-state index contributed by atoms with van der Waals surface area (Å²) in [5.41, 5.74) is 2.70. The van der Waals surface area contributed by atoms with Gasteiger partial charge < -0.3 is 5.32 Å². The number of benzene rings is 1. The van der Waals surface area contributed by atoms with E-state index in [4.69, 9.17) is 0 Å². The quantitative estimate of drug-likeness (QED) is 0.847. The lowest BCUT2D eigenvalue weighted by atomic mass is 10.0. The van der Waals surface area contributed by atoms with Crippen LogP contribution in [0.15, 0.2) is 24.3 Å². The number of anilines is 1. The normalized spacial score (nSPS) is 20.3. The van der Waals surface area contributed by atoms with Gasteiger partial charge in [0, 0.05) is 12.2 Å². The van der Waals surface area contributed by atoms with Crippen LogP contribution >= 0.6 is 11.8 Å². The van der Waals surface area contributed by atoms with E-state index in [1.807, 2.05) is 0 Å². The van der Waals surface area contributed by atoms with Gasteiger partial charge in [-0.25, -0.2) is 0 Å². The number of hydrogen-bond donors (Lipinski definition) is 1. The van der Waals surface area contributed by atoms with Crippen LogP contribution in [-0.2, 0) is 0 Å². The first-order valence-electron chi connectivity index (χ1n) is 6.17. The molecule has 88 valence electrons. The highest BCUT2D eigenvalue weighted by Crippen LogP contribution is 2.24. The van der Waals surface area contributed by atoms with Crippen molar-refractivity contribution in [2.24, 2.45) is 5.92 Å². The monoisotopic (exact) mass is 235 g/mol. The third-order valence-electron chi connectivity index (χ3n) is 3.17. The Labute approximate surface area is 103 Å². The average Bonchev–Trinajstić information content (AvgIpc) is 2.79. The Morgan fingerprint density at radius 1 is 1.44 bits per heavy atom. The molecule has 0 radical (unpaired) electrons.